The van der Waals surface area contributed by atoms with Crippen molar-refractivity contribution in [2.45, 2.75) is 33.2 Å². The van der Waals surface area contributed by atoms with Crippen molar-refractivity contribution in [3.8, 4) is 0 Å². The fourth-order valence-corrected chi connectivity index (χ4v) is 1.68. The van der Waals surface area contributed by atoms with Gasteiger partial charge in [0, 0.05) is 10.0 Å². The molecular weight excluding hydrogens is 254 g/mol. The van der Waals surface area contributed by atoms with Crippen molar-refractivity contribution in [2.24, 2.45) is 0 Å². The SMILES string of the molecule is Cc1cccc(C(=O)NC(C)(C)C)c1Br. The lowest BCUT2D eigenvalue weighted by atomic mass is 10.1. The van der Waals surface area contributed by atoms with E-state index in [2.05, 4.69) is 21.2 Å². The lowest BCUT2D eigenvalue weighted by Crippen LogP contribution is -2.40. The topological polar surface area (TPSA) is 29.1 Å². The Morgan fingerprint density at radius 3 is 2.47 bits per heavy atom. The van der Waals surface area contributed by atoms with Gasteiger partial charge in [0.05, 0.1) is 5.56 Å². The predicted octanol–water partition coefficient (Wildman–Crippen LogP) is 3.29. The first-order valence-corrected chi connectivity index (χ1v) is 5.68. The van der Waals surface area contributed by atoms with Crippen LogP contribution in [0.5, 0.6) is 0 Å². The number of hydrogen-bond donors (Lipinski definition) is 1. The Morgan fingerprint density at radius 2 is 1.93 bits per heavy atom. The molecule has 0 spiro atoms. The number of amides is 1. The van der Waals surface area contributed by atoms with Crippen molar-refractivity contribution in [2.75, 3.05) is 0 Å². The summed E-state index contributed by atoms with van der Waals surface area (Å²) in [4.78, 5) is 11.9. The molecule has 0 atom stereocenters. The Kier molecular flexibility index (Phi) is 3.55. The third-order valence-electron chi connectivity index (χ3n) is 1.92. The van der Waals surface area contributed by atoms with E-state index in [1.807, 2.05) is 45.9 Å². The molecule has 1 amide bonds. The largest absolute Gasteiger partial charge is 0.347 e. The van der Waals surface area contributed by atoms with Crippen molar-refractivity contribution in [1.82, 2.24) is 5.32 Å². The molecule has 1 N–H and O–H groups in total. The van der Waals surface area contributed by atoms with Crippen LogP contribution in [0.15, 0.2) is 22.7 Å². The molecule has 0 bridgehead atoms. The van der Waals surface area contributed by atoms with Gasteiger partial charge in [-0.25, -0.2) is 0 Å². The monoisotopic (exact) mass is 269 g/mol. The normalized spacial score (nSPS) is 11.3. The summed E-state index contributed by atoms with van der Waals surface area (Å²) in [5.41, 5.74) is 1.54. The maximum absolute atomic E-state index is 11.9. The van der Waals surface area contributed by atoms with E-state index in [1.165, 1.54) is 0 Å². The summed E-state index contributed by atoms with van der Waals surface area (Å²) in [5.74, 6) is -0.0434. The van der Waals surface area contributed by atoms with E-state index in [4.69, 9.17) is 0 Å². The van der Waals surface area contributed by atoms with Crippen LogP contribution in [0.2, 0.25) is 0 Å². The van der Waals surface area contributed by atoms with Gasteiger partial charge in [-0.3, -0.25) is 4.79 Å². The highest BCUT2D eigenvalue weighted by molar-refractivity contribution is 9.10. The molecule has 0 heterocycles. The molecule has 0 unspecified atom stereocenters. The smallest absolute Gasteiger partial charge is 0.252 e. The lowest BCUT2D eigenvalue weighted by molar-refractivity contribution is 0.0918. The van der Waals surface area contributed by atoms with Gasteiger partial charge >= 0.3 is 0 Å². The van der Waals surface area contributed by atoms with Gasteiger partial charge in [-0.05, 0) is 55.3 Å². The second-order valence-corrected chi connectivity index (χ2v) is 5.43. The molecule has 2 nitrogen and oxygen atoms in total. The standard InChI is InChI=1S/C12H16BrNO/c1-8-6-5-7-9(10(8)13)11(15)14-12(2,3)4/h5-7H,1-4H3,(H,14,15). The maximum atomic E-state index is 11.9. The number of hydrogen-bond acceptors (Lipinski definition) is 1. The van der Waals surface area contributed by atoms with Crippen LogP contribution in [-0.4, -0.2) is 11.4 Å². The number of benzene rings is 1. The first kappa shape index (κ1) is 12.2. The van der Waals surface area contributed by atoms with Gasteiger partial charge in [0.1, 0.15) is 0 Å². The Morgan fingerprint density at radius 1 is 1.33 bits per heavy atom. The molecule has 0 aromatic heterocycles. The second kappa shape index (κ2) is 4.35. The molecule has 3 heteroatoms. The molecule has 0 saturated carbocycles. The molecule has 0 aliphatic rings. The Labute approximate surface area is 99.2 Å². The number of rotatable bonds is 1. The zero-order valence-electron chi connectivity index (χ0n) is 9.52. The van der Waals surface area contributed by atoms with E-state index >= 15 is 0 Å². The molecule has 0 aliphatic heterocycles. The number of carbonyl (C=O) groups is 1. The van der Waals surface area contributed by atoms with E-state index in [0.717, 1.165) is 10.0 Å². The van der Waals surface area contributed by atoms with Crippen molar-refractivity contribution in [3.63, 3.8) is 0 Å². The Bertz CT molecular complexity index is 380. The van der Waals surface area contributed by atoms with Gasteiger partial charge in [0.2, 0.25) is 0 Å². The van der Waals surface area contributed by atoms with Crippen molar-refractivity contribution in [3.05, 3.63) is 33.8 Å². The highest BCUT2D eigenvalue weighted by Gasteiger charge is 2.17. The maximum Gasteiger partial charge on any atom is 0.252 e. The fraction of sp³-hybridized carbons (Fsp3) is 0.417. The van der Waals surface area contributed by atoms with E-state index in [1.54, 1.807) is 0 Å². The predicted molar refractivity (Wildman–Crippen MR) is 66.1 cm³/mol. The molecule has 0 saturated heterocycles. The van der Waals surface area contributed by atoms with Crippen LogP contribution in [0.3, 0.4) is 0 Å². The first-order chi connectivity index (χ1) is 6.81. The van der Waals surface area contributed by atoms with Gasteiger partial charge < -0.3 is 5.32 Å². The van der Waals surface area contributed by atoms with Gasteiger partial charge in [-0.1, -0.05) is 12.1 Å². The average Bonchev–Trinajstić information content (AvgIpc) is 2.06. The minimum atomic E-state index is -0.208. The van der Waals surface area contributed by atoms with E-state index in [0.29, 0.717) is 5.56 Å². The highest BCUT2D eigenvalue weighted by atomic mass is 79.9. The van der Waals surface area contributed by atoms with Gasteiger partial charge in [0.15, 0.2) is 0 Å². The van der Waals surface area contributed by atoms with Crippen LogP contribution in [0.25, 0.3) is 0 Å². The van der Waals surface area contributed by atoms with Gasteiger partial charge in [0.25, 0.3) is 5.91 Å². The van der Waals surface area contributed by atoms with E-state index < -0.39 is 0 Å². The first-order valence-electron chi connectivity index (χ1n) is 4.89. The van der Waals surface area contributed by atoms with Crippen LogP contribution >= 0.6 is 15.9 Å². The molecule has 82 valence electrons. The number of carbonyl (C=O) groups excluding carboxylic acids is 1. The number of halogens is 1. The minimum absolute atomic E-state index is 0.0434. The summed E-state index contributed by atoms with van der Waals surface area (Å²) in [5, 5.41) is 2.93. The highest BCUT2D eigenvalue weighted by Crippen LogP contribution is 2.21. The third-order valence-corrected chi connectivity index (χ3v) is 2.98. The summed E-state index contributed by atoms with van der Waals surface area (Å²) in [7, 11) is 0. The van der Waals surface area contributed by atoms with Crippen molar-refractivity contribution < 1.29 is 4.79 Å². The third kappa shape index (κ3) is 3.34. The summed E-state index contributed by atoms with van der Waals surface area (Å²) in [6.07, 6.45) is 0. The van der Waals surface area contributed by atoms with Crippen LogP contribution in [0, 0.1) is 6.92 Å². The molecular formula is C12H16BrNO. The zero-order valence-corrected chi connectivity index (χ0v) is 11.1. The summed E-state index contributed by atoms with van der Waals surface area (Å²) in [6.45, 7) is 7.87. The van der Waals surface area contributed by atoms with E-state index in [9.17, 15) is 4.79 Å². The minimum Gasteiger partial charge on any atom is -0.347 e. The van der Waals surface area contributed by atoms with Crippen molar-refractivity contribution in [1.29, 1.82) is 0 Å². The fourth-order valence-electron chi connectivity index (χ4n) is 1.23. The Balaban J connectivity index is 2.97. The van der Waals surface area contributed by atoms with Crippen LogP contribution in [0.1, 0.15) is 36.7 Å². The number of aryl methyl sites for hydroxylation is 1. The molecule has 1 aromatic rings. The lowest BCUT2D eigenvalue weighted by Gasteiger charge is -2.21. The Hall–Kier alpha value is -0.830. The molecule has 0 fully saturated rings. The molecule has 1 rings (SSSR count). The molecule has 0 aliphatic carbocycles. The second-order valence-electron chi connectivity index (χ2n) is 4.64. The van der Waals surface area contributed by atoms with Crippen LogP contribution < -0.4 is 5.32 Å². The van der Waals surface area contributed by atoms with Crippen LogP contribution in [-0.2, 0) is 0 Å². The van der Waals surface area contributed by atoms with E-state index in [-0.39, 0.29) is 11.4 Å². The average molecular weight is 270 g/mol. The van der Waals surface area contributed by atoms with Gasteiger partial charge in [-0.2, -0.15) is 0 Å². The molecule has 15 heavy (non-hydrogen) atoms. The van der Waals surface area contributed by atoms with Crippen molar-refractivity contribution >= 4 is 21.8 Å². The molecule has 0 radical (unpaired) electrons. The summed E-state index contributed by atoms with van der Waals surface area (Å²) in [6, 6.07) is 5.67. The number of nitrogens with one attached hydrogen (secondary N) is 1. The van der Waals surface area contributed by atoms with Gasteiger partial charge in [-0.15, -0.1) is 0 Å². The summed E-state index contributed by atoms with van der Waals surface area (Å²) < 4.78 is 0.867. The molecule has 1 aromatic carbocycles. The summed E-state index contributed by atoms with van der Waals surface area (Å²) >= 11 is 3.43. The quantitative estimate of drug-likeness (QED) is 0.833. The van der Waals surface area contributed by atoms with Crippen LogP contribution in [0.4, 0.5) is 0 Å². The zero-order chi connectivity index (χ0) is 11.6.